The summed E-state index contributed by atoms with van der Waals surface area (Å²) >= 11 is 0. The summed E-state index contributed by atoms with van der Waals surface area (Å²) < 4.78 is 0. The first-order valence-electron chi connectivity index (χ1n) is 3.34. The van der Waals surface area contributed by atoms with Crippen molar-refractivity contribution >= 4 is 13.9 Å². The van der Waals surface area contributed by atoms with Crippen LogP contribution in [0.25, 0.3) is 0 Å². The molecule has 1 aromatic rings. The zero-order valence-corrected chi connectivity index (χ0v) is 7.09. The van der Waals surface area contributed by atoms with Crippen LogP contribution in [0.1, 0.15) is 5.56 Å². The van der Waals surface area contributed by atoms with Crippen LogP contribution in [-0.2, 0) is 6.54 Å². The van der Waals surface area contributed by atoms with Crippen molar-refractivity contribution in [3.05, 3.63) is 29.8 Å². The second-order valence-corrected chi connectivity index (χ2v) is 3.15. The van der Waals surface area contributed by atoms with Crippen LogP contribution in [0.15, 0.2) is 24.3 Å². The Labute approximate surface area is 63.4 Å². The minimum Gasteiger partial charge on any atom is -0.326 e. The average Bonchev–Trinajstić information content (AvgIpc) is 2.04. The van der Waals surface area contributed by atoms with E-state index in [9.17, 15) is 0 Å². The van der Waals surface area contributed by atoms with Gasteiger partial charge < -0.3 is 5.73 Å². The maximum atomic E-state index is 5.53. The van der Waals surface area contributed by atoms with Gasteiger partial charge in [-0.3, -0.25) is 0 Å². The van der Waals surface area contributed by atoms with E-state index >= 15 is 0 Å². The summed E-state index contributed by atoms with van der Waals surface area (Å²) in [7, 11) is 0.856. The highest BCUT2D eigenvalue weighted by molar-refractivity contribution is 7.46. The zero-order valence-electron chi connectivity index (χ0n) is 6.09. The predicted octanol–water partition coefficient (Wildman–Crippen LogP) is 1.08. The molecule has 1 unspecified atom stereocenters. The average molecular weight is 153 g/mol. The molecule has 2 heteroatoms. The highest BCUT2D eigenvalue weighted by atomic mass is 31.1. The summed E-state index contributed by atoms with van der Waals surface area (Å²) in [6, 6.07) is 8.32. The zero-order chi connectivity index (χ0) is 7.40. The van der Waals surface area contributed by atoms with Gasteiger partial charge in [0.1, 0.15) is 0 Å². The van der Waals surface area contributed by atoms with Crippen LogP contribution >= 0.6 is 8.58 Å². The Morgan fingerprint density at radius 3 is 2.60 bits per heavy atom. The number of hydrogen-bond acceptors (Lipinski definition) is 1. The van der Waals surface area contributed by atoms with Gasteiger partial charge in [0.2, 0.25) is 0 Å². The minimum absolute atomic E-state index is 0.664. The minimum atomic E-state index is 0.664. The standard InChI is InChI=1S/C8H12NP/c1-10-8-5-3-2-4-7(8)6-9/h2-5,10H,6,9H2,1H3. The van der Waals surface area contributed by atoms with Crippen molar-refractivity contribution in [1.82, 2.24) is 0 Å². The third-order valence-corrected chi connectivity index (χ3v) is 2.53. The molecular formula is C8H12NP. The molecule has 0 aromatic heterocycles. The van der Waals surface area contributed by atoms with E-state index in [0.717, 1.165) is 8.58 Å². The molecule has 0 heterocycles. The molecule has 1 rings (SSSR count). The summed E-state index contributed by atoms with van der Waals surface area (Å²) in [5, 5.41) is 1.39. The molecule has 54 valence electrons. The van der Waals surface area contributed by atoms with Gasteiger partial charge in [-0.1, -0.05) is 32.8 Å². The summed E-state index contributed by atoms with van der Waals surface area (Å²) in [5.41, 5.74) is 6.81. The van der Waals surface area contributed by atoms with Crippen molar-refractivity contribution in [2.45, 2.75) is 6.54 Å². The molecule has 1 atom stereocenters. The van der Waals surface area contributed by atoms with E-state index in [0.29, 0.717) is 6.54 Å². The fourth-order valence-corrected chi connectivity index (χ4v) is 1.71. The Morgan fingerprint density at radius 1 is 1.40 bits per heavy atom. The van der Waals surface area contributed by atoms with Crippen LogP contribution < -0.4 is 11.0 Å². The maximum Gasteiger partial charge on any atom is 0.0184 e. The van der Waals surface area contributed by atoms with E-state index in [2.05, 4.69) is 24.9 Å². The Kier molecular flexibility index (Phi) is 2.85. The van der Waals surface area contributed by atoms with E-state index in [-0.39, 0.29) is 0 Å². The number of benzene rings is 1. The van der Waals surface area contributed by atoms with Gasteiger partial charge >= 0.3 is 0 Å². The fourth-order valence-electron chi connectivity index (χ4n) is 0.942. The van der Waals surface area contributed by atoms with Crippen LogP contribution in [-0.4, -0.2) is 6.66 Å². The second kappa shape index (κ2) is 3.70. The van der Waals surface area contributed by atoms with Crippen LogP contribution in [0.5, 0.6) is 0 Å². The Hall–Kier alpha value is -0.390. The molecule has 0 bridgehead atoms. The first-order valence-corrected chi connectivity index (χ1v) is 4.84. The lowest BCUT2D eigenvalue weighted by atomic mass is 10.2. The molecule has 0 amide bonds. The van der Waals surface area contributed by atoms with Gasteiger partial charge in [0, 0.05) is 6.54 Å². The smallest absolute Gasteiger partial charge is 0.0184 e. The fraction of sp³-hybridized carbons (Fsp3) is 0.250. The van der Waals surface area contributed by atoms with Gasteiger partial charge in [-0.15, -0.1) is 0 Å². The summed E-state index contributed by atoms with van der Waals surface area (Å²) in [4.78, 5) is 0. The molecule has 2 N–H and O–H groups in total. The van der Waals surface area contributed by atoms with E-state index in [1.54, 1.807) is 0 Å². The predicted molar refractivity (Wildman–Crippen MR) is 48.2 cm³/mol. The molecule has 1 nitrogen and oxygen atoms in total. The Morgan fingerprint density at radius 2 is 2.10 bits per heavy atom. The molecule has 0 saturated heterocycles. The SMILES string of the molecule is CPc1ccccc1CN. The van der Waals surface area contributed by atoms with Crippen LogP contribution in [0.4, 0.5) is 0 Å². The lowest BCUT2D eigenvalue weighted by molar-refractivity contribution is 1.08. The Bertz CT molecular complexity index is 187. The molecule has 0 fully saturated rings. The van der Waals surface area contributed by atoms with E-state index in [4.69, 9.17) is 5.73 Å². The van der Waals surface area contributed by atoms with E-state index < -0.39 is 0 Å². The van der Waals surface area contributed by atoms with Gasteiger partial charge in [-0.05, 0) is 17.5 Å². The molecule has 10 heavy (non-hydrogen) atoms. The summed E-state index contributed by atoms with van der Waals surface area (Å²) in [5.74, 6) is 0. The monoisotopic (exact) mass is 153 g/mol. The van der Waals surface area contributed by atoms with Gasteiger partial charge in [0.25, 0.3) is 0 Å². The van der Waals surface area contributed by atoms with E-state index in [1.807, 2.05) is 6.07 Å². The lowest BCUT2D eigenvalue weighted by Crippen LogP contribution is -2.07. The van der Waals surface area contributed by atoms with Crippen molar-refractivity contribution in [3.8, 4) is 0 Å². The first kappa shape index (κ1) is 7.71. The van der Waals surface area contributed by atoms with Gasteiger partial charge in [0.15, 0.2) is 0 Å². The molecule has 0 radical (unpaired) electrons. The normalized spacial score (nSPS) is 11.0. The molecule has 0 aliphatic carbocycles. The van der Waals surface area contributed by atoms with Gasteiger partial charge in [-0.25, -0.2) is 0 Å². The van der Waals surface area contributed by atoms with Crippen molar-refractivity contribution < 1.29 is 0 Å². The van der Waals surface area contributed by atoms with Crippen molar-refractivity contribution in [1.29, 1.82) is 0 Å². The van der Waals surface area contributed by atoms with Gasteiger partial charge in [-0.2, -0.15) is 0 Å². The molecule has 0 aliphatic heterocycles. The topological polar surface area (TPSA) is 26.0 Å². The van der Waals surface area contributed by atoms with Crippen molar-refractivity contribution in [2.24, 2.45) is 5.73 Å². The third kappa shape index (κ3) is 1.56. The number of nitrogens with two attached hydrogens (primary N) is 1. The molecule has 0 spiro atoms. The van der Waals surface area contributed by atoms with Crippen LogP contribution in [0.3, 0.4) is 0 Å². The van der Waals surface area contributed by atoms with Crippen molar-refractivity contribution in [3.63, 3.8) is 0 Å². The number of hydrogen-bond donors (Lipinski definition) is 1. The van der Waals surface area contributed by atoms with Gasteiger partial charge in [0.05, 0.1) is 0 Å². The highest BCUT2D eigenvalue weighted by Crippen LogP contribution is 2.07. The molecule has 0 aliphatic rings. The van der Waals surface area contributed by atoms with E-state index in [1.165, 1.54) is 10.9 Å². The lowest BCUT2D eigenvalue weighted by Gasteiger charge is -2.02. The molecular weight excluding hydrogens is 141 g/mol. The third-order valence-electron chi connectivity index (χ3n) is 1.51. The van der Waals surface area contributed by atoms with Crippen LogP contribution in [0, 0.1) is 0 Å². The quantitative estimate of drug-likeness (QED) is 0.632. The molecule has 0 saturated carbocycles. The Balaban J connectivity index is 2.96. The summed E-state index contributed by atoms with van der Waals surface area (Å²) in [6.45, 7) is 2.84. The highest BCUT2D eigenvalue weighted by Gasteiger charge is 1.94. The summed E-state index contributed by atoms with van der Waals surface area (Å²) in [6.07, 6.45) is 0. The first-order chi connectivity index (χ1) is 4.88. The number of rotatable bonds is 2. The van der Waals surface area contributed by atoms with Crippen LogP contribution in [0.2, 0.25) is 0 Å². The molecule has 1 aromatic carbocycles. The largest absolute Gasteiger partial charge is 0.326 e. The van der Waals surface area contributed by atoms with Crippen molar-refractivity contribution in [2.75, 3.05) is 6.66 Å². The second-order valence-electron chi connectivity index (χ2n) is 2.11. The maximum absolute atomic E-state index is 5.53.